The average Bonchev–Trinajstić information content (AvgIpc) is 2.98. The van der Waals surface area contributed by atoms with Crippen LogP contribution in [0, 0.1) is 13.8 Å². The van der Waals surface area contributed by atoms with Gasteiger partial charge in [0.1, 0.15) is 5.82 Å². The van der Waals surface area contributed by atoms with Crippen molar-refractivity contribution in [2.75, 3.05) is 5.32 Å². The molecular formula is C15H25N3. The molecule has 0 amide bonds. The number of rotatable bonds is 4. The van der Waals surface area contributed by atoms with Crippen LogP contribution in [0.2, 0.25) is 0 Å². The monoisotopic (exact) mass is 247 g/mol. The molecule has 1 aromatic heterocycles. The molecule has 18 heavy (non-hydrogen) atoms. The van der Waals surface area contributed by atoms with Crippen LogP contribution in [-0.2, 0) is 6.54 Å². The van der Waals surface area contributed by atoms with Crippen LogP contribution in [0.15, 0.2) is 6.07 Å². The summed E-state index contributed by atoms with van der Waals surface area (Å²) in [5.41, 5.74) is 3.86. The molecule has 0 unspecified atom stereocenters. The van der Waals surface area contributed by atoms with E-state index >= 15 is 0 Å². The summed E-state index contributed by atoms with van der Waals surface area (Å²) in [5, 5.41) is 7.10. The topological polar surface area (TPSA) is 37.0 Å². The standard InChI is InChI=1S/C15H25N3/c1-10-8-11(2)17-14(18-12-6-7-12)13(10)9-16-15(3,4)5/h8,12,16H,6-7,9H2,1-5H3,(H,17,18). The summed E-state index contributed by atoms with van der Waals surface area (Å²) < 4.78 is 0. The quantitative estimate of drug-likeness (QED) is 0.858. The third-order valence-corrected chi connectivity index (χ3v) is 3.19. The first-order valence-electron chi connectivity index (χ1n) is 6.84. The zero-order valence-corrected chi connectivity index (χ0v) is 12.2. The van der Waals surface area contributed by atoms with Gasteiger partial charge in [-0.1, -0.05) is 0 Å². The van der Waals surface area contributed by atoms with Crippen molar-refractivity contribution in [2.45, 2.75) is 65.6 Å². The highest BCUT2D eigenvalue weighted by Crippen LogP contribution is 2.27. The maximum atomic E-state index is 4.66. The van der Waals surface area contributed by atoms with Gasteiger partial charge in [-0.3, -0.25) is 0 Å². The van der Waals surface area contributed by atoms with Gasteiger partial charge in [-0.2, -0.15) is 0 Å². The molecular weight excluding hydrogens is 222 g/mol. The lowest BCUT2D eigenvalue weighted by Gasteiger charge is -2.23. The number of aromatic nitrogens is 1. The van der Waals surface area contributed by atoms with E-state index in [1.807, 2.05) is 0 Å². The van der Waals surface area contributed by atoms with E-state index in [9.17, 15) is 0 Å². The molecule has 0 saturated heterocycles. The van der Waals surface area contributed by atoms with Gasteiger partial charge in [-0.05, 0) is 59.1 Å². The van der Waals surface area contributed by atoms with Crippen LogP contribution in [0.5, 0.6) is 0 Å². The van der Waals surface area contributed by atoms with E-state index in [0.29, 0.717) is 6.04 Å². The number of nitrogens with one attached hydrogen (secondary N) is 2. The number of anilines is 1. The summed E-state index contributed by atoms with van der Waals surface area (Å²) in [5.74, 6) is 1.08. The second-order valence-electron chi connectivity index (χ2n) is 6.43. The van der Waals surface area contributed by atoms with Crippen LogP contribution >= 0.6 is 0 Å². The Morgan fingerprint density at radius 3 is 2.50 bits per heavy atom. The molecule has 1 aliphatic carbocycles. The average molecular weight is 247 g/mol. The van der Waals surface area contributed by atoms with Crippen molar-refractivity contribution in [3.05, 3.63) is 22.9 Å². The molecule has 1 saturated carbocycles. The molecule has 2 rings (SSSR count). The highest BCUT2D eigenvalue weighted by atomic mass is 15.1. The SMILES string of the molecule is Cc1cc(C)c(CNC(C)(C)C)c(NC2CC2)n1. The third-order valence-electron chi connectivity index (χ3n) is 3.19. The molecule has 1 heterocycles. The Hall–Kier alpha value is -1.09. The molecule has 2 N–H and O–H groups in total. The maximum Gasteiger partial charge on any atom is 0.131 e. The number of pyridine rings is 1. The second-order valence-corrected chi connectivity index (χ2v) is 6.43. The van der Waals surface area contributed by atoms with E-state index in [0.717, 1.165) is 18.1 Å². The highest BCUT2D eigenvalue weighted by molar-refractivity contribution is 5.50. The lowest BCUT2D eigenvalue weighted by Crippen LogP contribution is -2.35. The van der Waals surface area contributed by atoms with Gasteiger partial charge in [0.25, 0.3) is 0 Å². The second kappa shape index (κ2) is 4.88. The van der Waals surface area contributed by atoms with Gasteiger partial charge in [0.15, 0.2) is 0 Å². The van der Waals surface area contributed by atoms with Crippen molar-refractivity contribution >= 4 is 5.82 Å². The Balaban J connectivity index is 2.19. The fraction of sp³-hybridized carbons (Fsp3) is 0.667. The fourth-order valence-electron chi connectivity index (χ4n) is 1.98. The van der Waals surface area contributed by atoms with Crippen molar-refractivity contribution in [2.24, 2.45) is 0 Å². The molecule has 0 aromatic carbocycles. The predicted molar refractivity (Wildman–Crippen MR) is 76.9 cm³/mol. The van der Waals surface area contributed by atoms with Gasteiger partial charge in [0.05, 0.1) is 0 Å². The largest absolute Gasteiger partial charge is 0.367 e. The van der Waals surface area contributed by atoms with Gasteiger partial charge >= 0.3 is 0 Å². The van der Waals surface area contributed by atoms with E-state index < -0.39 is 0 Å². The lowest BCUT2D eigenvalue weighted by atomic mass is 10.1. The predicted octanol–water partition coefficient (Wildman–Crippen LogP) is 3.16. The van der Waals surface area contributed by atoms with E-state index in [1.165, 1.54) is 24.0 Å². The first kappa shape index (κ1) is 13.3. The summed E-state index contributed by atoms with van der Waals surface area (Å²) in [4.78, 5) is 4.66. The summed E-state index contributed by atoms with van der Waals surface area (Å²) in [7, 11) is 0. The zero-order valence-electron chi connectivity index (χ0n) is 12.2. The molecule has 3 heteroatoms. The summed E-state index contributed by atoms with van der Waals surface area (Å²) in [6.45, 7) is 11.7. The van der Waals surface area contributed by atoms with Gasteiger partial charge in [0.2, 0.25) is 0 Å². The molecule has 100 valence electrons. The third kappa shape index (κ3) is 3.70. The summed E-state index contributed by atoms with van der Waals surface area (Å²) in [6, 6.07) is 2.81. The minimum atomic E-state index is 0.133. The smallest absolute Gasteiger partial charge is 0.131 e. The van der Waals surface area contributed by atoms with Crippen LogP contribution in [0.3, 0.4) is 0 Å². The van der Waals surface area contributed by atoms with Gasteiger partial charge in [-0.25, -0.2) is 4.98 Å². The lowest BCUT2D eigenvalue weighted by molar-refractivity contribution is 0.424. The Bertz CT molecular complexity index is 428. The Morgan fingerprint density at radius 2 is 1.94 bits per heavy atom. The number of nitrogens with zero attached hydrogens (tertiary/aromatic N) is 1. The van der Waals surface area contributed by atoms with Crippen LogP contribution in [0.4, 0.5) is 5.82 Å². The van der Waals surface area contributed by atoms with E-state index in [2.05, 4.69) is 56.3 Å². The van der Waals surface area contributed by atoms with Crippen molar-refractivity contribution in [1.29, 1.82) is 0 Å². The van der Waals surface area contributed by atoms with Gasteiger partial charge in [-0.15, -0.1) is 0 Å². The maximum absolute atomic E-state index is 4.66. The van der Waals surface area contributed by atoms with E-state index in [-0.39, 0.29) is 5.54 Å². The van der Waals surface area contributed by atoms with Gasteiger partial charge in [0, 0.05) is 29.4 Å². The van der Waals surface area contributed by atoms with Crippen LogP contribution in [-0.4, -0.2) is 16.6 Å². The van der Waals surface area contributed by atoms with Crippen LogP contribution in [0.25, 0.3) is 0 Å². The van der Waals surface area contributed by atoms with Crippen LogP contribution < -0.4 is 10.6 Å². The Labute approximate surface area is 110 Å². The molecule has 0 aliphatic heterocycles. The fourth-order valence-corrected chi connectivity index (χ4v) is 1.98. The molecule has 0 radical (unpaired) electrons. The molecule has 1 aromatic rings. The minimum absolute atomic E-state index is 0.133. The molecule has 0 spiro atoms. The number of hydrogen-bond donors (Lipinski definition) is 2. The first-order valence-corrected chi connectivity index (χ1v) is 6.84. The highest BCUT2D eigenvalue weighted by Gasteiger charge is 2.23. The first-order chi connectivity index (χ1) is 8.35. The van der Waals surface area contributed by atoms with E-state index in [4.69, 9.17) is 0 Å². The molecule has 3 nitrogen and oxygen atoms in total. The normalized spacial score (nSPS) is 15.8. The summed E-state index contributed by atoms with van der Waals surface area (Å²) >= 11 is 0. The van der Waals surface area contributed by atoms with Crippen molar-refractivity contribution in [1.82, 2.24) is 10.3 Å². The van der Waals surface area contributed by atoms with Crippen LogP contribution in [0.1, 0.15) is 50.4 Å². The van der Waals surface area contributed by atoms with Gasteiger partial charge < -0.3 is 10.6 Å². The minimum Gasteiger partial charge on any atom is -0.367 e. The van der Waals surface area contributed by atoms with Crippen molar-refractivity contribution in [3.8, 4) is 0 Å². The molecule has 0 bridgehead atoms. The molecule has 1 aliphatic rings. The van der Waals surface area contributed by atoms with E-state index in [1.54, 1.807) is 0 Å². The van der Waals surface area contributed by atoms with Crippen molar-refractivity contribution in [3.63, 3.8) is 0 Å². The zero-order chi connectivity index (χ0) is 13.3. The molecule has 1 fully saturated rings. The van der Waals surface area contributed by atoms with Crippen molar-refractivity contribution < 1.29 is 0 Å². The number of hydrogen-bond acceptors (Lipinski definition) is 3. The Kier molecular flexibility index (Phi) is 3.62. The summed E-state index contributed by atoms with van der Waals surface area (Å²) in [6.07, 6.45) is 2.56. The molecule has 0 atom stereocenters. The number of aryl methyl sites for hydroxylation is 2. The Morgan fingerprint density at radius 1 is 1.28 bits per heavy atom.